The lowest BCUT2D eigenvalue weighted by molar-refractivity contribution is 0.109. The van der Waals surface area contributed by atoms with Gasteiger partial charge in [0.2, 0.25) is 3.79 Å². The van der Waals surface area contributed by atoms with Crippen LogP contribution < -0.4 is 0 Å². The lowest BCUT2D eigenvalue weighted by Crippen LogP contribution is -2.24. The number of carbonyl (C=O) groups is 1. The van der Waals surface area contributed by atoms with Crippen LogP contribution in [-0.2, 0) is 15.4 Å². The third-order valence-electron chi connectivity index (χ3n) is 2.72. The molecule has 0 heterocycles. The van der Waals surface area contributed by atoms with Crippen LogP contribution >= 0.6 is 34.8 Å². The summed E-state index contributed by atoms with van der Waals surface area (Å²) in [5.74, 6) is 0. The van der Waals surface area contributed by atoms with E-state index in [9.17, 15) is 4.79 Å². The van der Waals surface area contributed by atoms with Crippen LogP contribution in [0.1, 0.15) is 32.4 Å². The maximum absolute atomic E-state index is 12.0. The van der Waals surface area contributed by atoms with Crippen LogP contribution in [0.3, 0.4) is 0 Å². The Balaban J connectivity index is 2.97. The van der Waals surface area contributed by atoms with E-state index < -0.39 is 26.7 Å². The molecule has 1 aromatic carbocycles. The fraction of sp³-hybridized carbons (Fsp3) is 0.500. The van der Waals surface area contributed by atoms with E-state index in [4.69, 9.17) is 39.5 Å². The number of hydrogen-bond donors (Lipinski definition) is 0. The monoisotopic (exact) mass is 369 g/mol. The van der Waals surface area contributed by atoms with Crippen LogP contribution in [0.15, 0.2) is 34.7 Å². The average molecular weight is 371 g/mol. The third-order valence-corrected chi connectivity index (χ3v) is 5.51. The van der Waals surface area contributed by atoms with E-state index in [0.717, 1.165) is 0 Å². The first kappa shape index (κ1) is 18.8. The molecule has 1 rings (SSSR count). The highest BCUT2D eigenvalue weighted by atomic mass is 35.6. The fourth-order valence-corrected chi connectivity index (χ4v) is 2.37. The number of rotatable bonds is 2. The van der Waals surface area contributed by atoms with Gasteiger partial charge in [-0.15, -0.1) is 0 Å². The quantitative estimate of drug-likeness (QED) is 0.648. The van der Waals surface area contributed by atoms with E-state index >= 15 is 0 Å². The van der Waals surface area contributed by atoms with Gasteiger partial charge in [0.25, 0.3) is 0 Å². The summed E-state index contributed by atoms with van der Waals surface area (Å²) in [4.78, 5) is 12.0. The first-order valence-electron chi connectivity index (χ1n) is 6.22. The normalized spacial score (nSPS) is 15.6. The number of hydrogen-bond acceptors (Lipinski definition) is 2. The van der Waals surface area contributed by atoms with Crippen LogP contribution in [0.25, 0.3) is 0 Å². The van der Waals surface area contributed by atoms with Crippen molar-refractivity contribution in [1.82, 2.24) is 0 Å². The molecule has 0 N–H and O–H groups in total. The molecule has 21 heavy (non-hydrogen) atoms. The summed E-state index contributed by atoms with van der Waals surface area (Å²) in [7, 11) is -0.496. The topological polar surface area (TPSA) is 38.7 Å². The van der Waals surface area contributed by atoms with E-state index in [2.05, 4.69) is 4.36 Å². The highest BCUT2D eigenvalue weighted by molar-refractivity contribution is 7.88. The summed E-state index contributed by atoms with van der Waals surface area (Å²) in [5.41, 5.74) is 0.604. The van der Waals surface area contributed by atoms with Crippen LogP contribution in [-0.4, -0.2) is 20.9 Å². The van der Waals surface area contributed by atoms with Gasteiger partial charge in [0.1, 0.15) is 0 Å². The van der Waals surface area contributed by atoms with Crippen molar-refractivity contribution in [3.63, 3.8) is 0 Å². The van der Waals surface area contributed by atoms with E-state index in [1.54, 1.807) is 24.3 Å². The molecule has 0 unspecified atom stereocenters. The Kier molecular flexibility index (Phi) is 6.54. The van der Waals surface area contributed by atoms with Crippen molar-refractivity contribution in [3.8, 4) is 0 Å². The largest absolute Gasteiger partial charge is 0.440 e. The van der Waals surface area contributed by atoms with Crippen molar-refractivity contribution in [1.29, 1.82) is 0 Å². The molecule has 0 bridgehead atoms. The minimum atomic E-state index is -1.76. The first-order valence-corrected chi connectivity index (χ1v) is 8.94. The number of amides is 1. The summed E-state index contributed by atoms with van der Waals surface area (Å²) in [6.07, 6.45) is 0.140. The number of alkyl halides is 3. The third kappa shape index (κ3) is 6.15. The van der Waals surface area contributed by atoms with E-state index in [1.165, 1.54) is 0 Å². The van der Waals surface area contributed by atoms with Gasteiger partial charge < -0.3 is 4.74 Å². The van der Waals surface area contributed by atoms with Crippen molar-refractivity contribution < 1.29 is 9.53 Å². The van der Waals surface area contributed by atoms with Crippen molar-refractivity contribution in [2.45, 2.75) is 35.4 Å². The molecule has 0 saturated carbocycles. The van der Waals surface area contributed by atoms with Crippen LogP contribution in [0.4, 0.5) is 4.79 Å². The second-order valence-electron chi connectivity index (χ2n) is 5.40. The zero-order valence-electron chi connectivity index (χ0n) is 12.3. The lowest BCUT2D eigenvalue weighted by Gasteiger charge is -2.24. The minimum absolute atomic E-state index is 0.124. The van der Waals surface area contributed by atoms with Gasteiger partial charge >= 0.3 is 6.09 Å². The smallest absolute Gasteiger partial charge is 0.435 e. The van der Waals surface area contributed by atoms with Gasteiger partial charge in [0.15, 0.2) is 6.10 Å². The van der Waals surface area contributed by atoms with Gasteiger partial charge in [0, 0.05) is 4.75 Å². The van der Waals surface area contributed by atoms with E-state index in [1.807, 2.05) is 33.1 Å². The second-order valence-corrected chi connectivity index (χ2v) is 10.1. The minimum Gasteiger partial charge on any atom is -0.435 e. The van der Waals surface area contributed by atoms with Gasteiger partial charge in [-0.3, -0.25) is 0 Å². The predicted octanol–water partition coefficient (Wildman–Crippen LogP) is 5.46. The summed E-state index contributed by atoms with van der Waals surface area (Å²) < 4.78 is 7.40. The van der Waals surface area contributed by atoms with Gasteiger partial charge in [-0.1, -0.05) is 96.6 Å². The molecule has 3 nitrogen and oxygen atoms in total. The molecule has 0 spiro atoms. The Morgan fingerprint density at radius 1 is 1.19 bits per heavy atom. The van der Waals surface area contributed by atoms with Crippen molar-refractivity contribution in [3.05, 3.63) is 35.9 Å². The zero-order chi connectivity index (χ0) is 16.3. The number of halogens is 3. The molecule has 0 aliphatic rings. The molecule has 7 heteroatoms. The molecule has 0 aromatic heterocycles. The molecule has 1 aromatic rings. The Hall–Kier alpha value is -0.290. The lowest BCUT2D eigenvalue weighted by atomic mass is 10.1. The predicted molar refractivity (Wildman–Crippen MR) is 91.4 cm³/mol. The SMILES string of the molecule is C/[S@](=N/C(=O)O[C@@H](c1ccccc1)C(Cl)(Cl)Cl)C(C)(C)C. The van der Waals surface area contributed by atoms with Gasteiger partial charge in [-0.2, -0.15) is 4.36 Å². The van der Waals surface area contributed by atoms with E-state index in [-0.39, 0.29) is 4.75 Å². The van der Waals surface area contributed by atoms with Gasteiger partial charge in [-0.05, 0) is 11.8 Å². The highest BCUT2D eigenvalue weighted by Gasteiger charge is 2.37. The highest BCUT2D eigenvalue weighted by Crippen LogP contribution is 2.42. The maximum atomic E-state index is 12.0. The van der Waals surface area contributed by atoms with Crippen LogP contribution in [0, 0.1) is 0 Å². The molecule has 0 saturated heterocycles. The molecular formula is C14H18Cl3NO2S. The summed E-state index contributed by atoms with van der Waals surface area (Å²) >= 11 is 17.8. The van der Waals surface area contributed by atoms with E-state index in [0.29, 0.717) is 5.56 Å². The number of nitrogens with zero attached hydrogens (tertiary/aromatic N) is 1. The molecule has 2 atom stereocenters. The Morgan fingerprint density at radius 3 is 2.14 bits per heavy atom. The molecule has 0 aliphatic carbocycles. The van der Waals surface area contributed by atoms with Gasteiger partial charge in [0.05, 0.1) is 0 Å². The first-order chi connectivity index (χ1) is 9.51. The molecule has 0 aliphatic heterocycles. The molecule has 118 valence electrons. The molecule has 1 amide bonds. The second kappa shape index (κ2) is 7.32. The van der Waals surface area contributed by atoms with Crippen LogP contribution in [0.2, 0.25) is 0 Å². The fourth-order valence-electron chi connectivity index (χ4n) is 1.32. The van der Waals surface area contributed by atoms with Crippen LogP contribution in [0.5, 0.6) is 0 Å². The number of benzene rings is 1. The van der Waals surface area contributed by atoms with Crippen molar-refractivity contribution >= 4 is 51.6 Å². The summed E-state index contributed by atoms with van der Waals surface area (Å²) in [5, 5.41) is 0. The number of carbonyl (C=O) groups excluding carboxylic acids is 1. The zero-order valence-corrected chi connectivity index (χ0v) is 15.4. The molecule has 0 radical (unpaired) electrons. The molecule has 0 fully saturated rings. The Morgan fingerprint density at radius 2 is 1.71 bits per heavy atom. The Labute approximate surface area is 143 Å². The van der Waals surface area contributed by atoms with Gasteiger partial charge in [-0.25, -0.2) is 4.79 Å². The van der Waals surface area contributed by atoms with Crippen molar-refractivity contribution in [2.24, 2.45) is 4.36 Å². The van der Waals surface area contributed by atoms with Crippen molar-refractivity contribution in [2.75, 3.05) is 6.26 Å². The summed E-state index contributed by atoms with van der Waals surface area (Å²) in [6, 6.07) is 8.85. The Bertz CT molecular complexity index is 521. The summed E-state index contributed by atoms with van der Waals surface area (Å²) in [6.45, 7) is 5.99. The molecular weight excluding hydrogens is 353 g/mol. The average Bonchev–Trinajstić information content (AvgIpc) is 2.34. The maximum Gasteiger partial charge on any atom is 0.440 e. The standard InChI is InChI=1S/C14H18Cl3NO2S/c1-13(2,3)21(4)18-12(19)20-11(14(15,16)17)10-8-6-5-7-9-10/h5-9,11H,1-4H3/t11-,21-/m0/s1. The number of ether oxygens (including phenoxy) is 1.